The van der Waals surface area contributed by atoms with Gasteiger partial charge < -0.3 is 19.7 Å². The van der Waals surface area contributed by atoms with Crippen molar-refractivity contribution in [3.63, 3.8) is 0 Å². The highest BCUT2D eigenvalue weighted by Crippen LogP contribution is 2.42. The number of ether oxygens (including phenoxy) is 2. The Labute approximate surface area is 209 Å². The van der Waals surface area contributed by atoms with Crippen LogP contribution in [0.15, 0.2) is 65.6 Å². The van der Waals surface area contributed by atoms with E-state index in [1.807, 2.05) is 54.3 Å². The van der Waals surface area contributed by atoms with Crippen molar-refractivity contribution >= 4 is 29.3 Å². The summed E-state index contributed by atoms with van der Waals surface area (Å²) in [6, 6.07) is 19.8. The standard InChI is InChI=1S/C28H28N2O4S/c1-17-8-9-18(2)21(12-17)15-30-22-6-4-5-7-25(22)35-26(28(30)32)19(3)27(31)29-14-20-10-11-23-24(13-20)34-16-33-23/h4-13,19,26H,14-16H2,1-3H3,(H,29,31)/t19-,26+/m0/s1. The predicted octanol–water partition coefficient (Wildman–Crippen LogP) is 4.99. The lowest BCUT2D eigenvalue weighted by molar-refractivity contribution is -0.128. The number of nitrogens with one attached hydrogen (secondary N) is 1. The number of hydrogen-bond donors (Lipinski definition) is 1. The fourth-order valence-corrected chi connectivity index (χ4v) is 5.68. The van der Waals surface area contributed by atoms with E-state index in [4.69, 9.17) is 9.47 Å². The SMILES string of the molecule is Cc1ccc(C)c(CN2C(=O)[C@@H]([C@H](C)C(=O)NCc3ccc4c(c3)OCO4)Sc3ccccc32)c1. The van der Waals surface area contributed by atoms with E-state index in [0.29, 0.717) is 24.6 Å². The average Bonchev–Trinajstić information content (AvgIpc) is 3.33. The van der Waals surface area contributed by atoms with E-state index in [1.165, 1.54) is 11.8 Å². The number of carbonyl (C=O) groups is 2. The second kappa shape index (κ2) is 9.66. The van der Waals surface area contributed by atoms with Crippen LogP contribution < -0.4 is 19.7 Å². The Balaban J connectivity index is 1.33. The first-order valence-corrected chi connectivity index (χ1v) is 12.6. The van der Waals surface area contributed by atoms with Crippen molar-refractivity contribution in [2.75, 3.05) is 11.7 Å². The number of hydrogen-bond acceptors (Lipinski definition) is 5. The highest BCUT2D eigenvalue weighted by molar-refractivity contribution is 8.01. The van der Waals surface area contributed by atoms with Crippen molar-refractivity contribution in [2.45, 2.75) is 44.0 Å². The van der Waals surface area contributed by atoms with Gasteiger partial charge in [0, 0.05) is 11.4 Å². The van der Waals surface area contributed by atoms with E-state index >= 15 is 0 Å². The minimum atomic E-state index is -0.508. The maximum Gasteiger partial charge on any atom is 0.241 e. The number of para-hydroxylation sites is 1. The number of nitrogens with zero attached hydrogens (tertiary/aromatic N) is 1. The quantitative estimate of drug-likeness (QED) is 0.529. The first kappa shape index (κ1) is 23.3. The smallest absolute Gasteiger partial charge is 0.241 e. The van der Waals surface area contributed by atoms with Crippen LogP contribution in [0, 0.1) is 19.8 Å². The molecule has 2 aliphatic rings. The highest BCUT2D eigenvalue weighted by atomic mass is 32.2. The van der Waals surface area contributed by atoms with Crippen molar-refractivity contribution in [1.82, 2.24) is 5.32 Å². The Hall–Kier alpha value is -3.45. The largest absolute Gasteiger partial charge is 0.454 e. The van der Waals surface area contributed by atoms with Crippen molar-refractivity contribution in [2.24, 2.45) is 5.92 Å². The molecule has 6 nitrogen and oxygen atoms in total. The van der Waals surface area contributed by atoms with Gasteiger partial charge in [-0.3, -0.25) is 9.59 Å². The minimum absolute atomic E-state index is 0.0414. The molecule has 0 radical (unpaired) electrons. The van der Waals surface area contributed by atoms with Gasteiger partial charge in [0.15, 0.2) is 11.5 Å². The van der Waals surface area contributed by atoms with E-state index in [-0.39, 0.29) is 18.6 Å². The first-order chi connectivity index (χ1) is 16.9. The summed E-state index contributed by atoms with van der Waals surface area (Å²) in [5, 5.41) is 2.49. The van der Waals surface area contributed by atoms with Gasteiger partial charge in [-0.1, -0.05) is 48.9 Å². The molecule has 2 atom stereocenters. The molecule has 35 heavy (non-hydrogen) atoms. The van der Waals surface area contributed by atoms with Gasteiger partial charge in [0.2, 0.25) is 18.6 Å². The Kier molecular flexibility index (Phi) is 6.43. The maximum atomic E-state index is 13.7. The molecule has 0 bridgehead atoms. The second-order valence-electron chi connectivity index (χ2n) is 9.05. The molecule has 2 aliphatic heterocycles. The summed E-state index contributed by atoms with van der Waals surface area (Å²) in [6.45, 7) is 6.99. The molecule has 5 rings (SSSR count). The molecule has 2 amide bonds. The lowest BCUT2D eigenvalue weighted by Gasteiger charge is -2.36. The number of thioether (sulfide) groups is 1. The summed E-state index contributed by atoms with van der Waals surface area (Å²) < 4.78 is 10.8. The molecule has 0 fully saturated rings. The molecule has 0 aromatic heterocycles. The van der Waals surface area contributed by atoms with Crippen LogP contribution in [0.4, 0.5) is 5.69 Å². The Morgan fingerprint density at radius 1 is 1.09 bits per heavy atom. The van der Waals surface area contributed by atoms with Gasteiger partial charge in [-0.25, -0.2) is 0 Å². The van der Waals surface area contributed by atoms with Crippen LogP contribution in [-0.2, 0) is 22.7 Å². The molecule has 3 aromatic carbocycles. The molecule has 3 aromatic rings. The number of fused-ring (bicyclic) bond motifs is 2. The lowest BCUT2D eigenvalue weighted by atomic mass is 10.0. The van der Waals surface area contributed by atoms with Crippen molar-refractivity contribution in [3.05, 3.63) is 82.9 Å². The van der Waals surface area contributed by atoms with Gasteiger partial charge in [-0.15, -0.1) is 11.8 Å². The molecule has 180 valence electrons. The van der Waals surface area contributed by atoms with Crippen LogP contribution in [0.3, 0.4) is 0 Å². The van der Waals surface area contributed by atoms with Crippen LogP contribution in [0.2, 0.25) is 0 Å². The third-order valence-electron chi connectivity index (χ3n) is 6.52. The van der Waals surface area contributed by atoms with Crippen LogP contribution in [0.1, 0.15) is 29.2 Å². The Morgan fingerprint density at radius 3 is 2.74 bits per heavy atom. The molecule has 1 N–H and O–H groups in total. The molecule has 0 aliphatic carbocycles. The fourth-order valence-electron chi connectivity index (χ4n) is 4.40. The van der Waals surface area contributed by atoms with Gasteiger partial charge in [0.1, 0.15) is 5.25 Å². The third kappa shape index (κ3) is 4.73. The number of amides is 2. The molecule has 2 heterocycles. The van der Waals surface area contributed by atoms with Crippen LogP contribution >= 0.6 is 11.8 Å². The zero-order valence-electron chi connectivity index (χ0n) is 20.0. The normalized spacial score (nSPS) is 17.2. The summed E-state index contributed by atoms with van der Waals surface area (Å²) >= 11 is 1.47. The molecular weight excluding hydrogens is 460 g/mol. The Morgan fingerprint density at radius 2 is 1.89 bits per heavy atom. The number of aryl methyl sites for hydroxylation is 2. The lowest BCUT2D eigenvalue weighted by Crippen LogP contribution is -2.47. The van der Waals surface area contributed by atoms with Crippen molar-refractivity contribution < 1.29 is 19.1 Å². The summed E-state index contributed by atoms with van der Waals surface area (Å²) in [7, 11) is 0. The third-order valence-corrected chi connectivity index (χ3v) is 7.99. The van der Waals surface area contributed by atoms with E-state index in [0.717, 1.165) is 32.8 Å². The van der Waals surface area contributed by atoms with Crippen molar-refractivity contribution in [3.8, 4) is 11.5 Å². The maximum absolute atomic E-state index is 13.7. The fraction of sp³-hybridized carbons (Fsp3) is 0.286. The average molecular weight is 489 g/mol. The first-order valence-electron chi connectivity index (χ1n) is 11.7. The topological polar surface area (TPSA) is 67.9 Å². The van der Waals surface area contributed by atoms with E-state index in [2.05, 4.69) is 37.4 Å². The second-order valence-corrected chi connectivity index (χ2v) is 10.2. The molecule has 7 heteroatoms. The highest BCUT2D eigenvalue weighted by Gasteiger charge is 2.39. The van der Waals surface area contributed by atoms with Crippen molar-refractivity contribution in [1.29, 1.82) is 0 Å². The molecule has 0 unspecified atom stereocenters. The van der Waals surface area contributed by atoms with Gasteiger partial charge in [-0.2, -0.15) is 0 Å². The zero-order valence-corrected chi connectivity index (χ0v) is 20.9. The zero-order chi connectivity index (χ0) is 24.5. The predicted molar refractivity (Wildman–Crippen MR) is 137 cm³/mol. The van der Waals surface area contributed by atoms with Gasteiger partial charge in [0.25, 0.3) is 0 Å². The van der Waals surface area contributed by atoms with Gasteiger partial charge in [0.05, 0.1) is 18.2 Å². The number of benzene rings is 3. The van der Waals surface area contributed by atoms with E-state index in [1.54, 1.807) is 0 Å². The molecule has 0 saturated heterocycles. The Bertz CT molecular complexity index is 1290. The summed E-state index contributed by atoms with van der Waals surface area (Å²) in [5.74, 6) is 0.692. The van der Waals surface area contributed by atoms with Crippen LogP contribution in [-0.4, -0.2) is 23.9 Å². The number of carbonyl (C=O) groups excluding carboxylic acids is 2. The number of rotatable bonds is 6. The van der Waals surface area contributed by atoms with Gasteiger partial charge in [-0.05, 0) is 54.8 Å². The summed E-state index contributed by atoms with van der Waals surface area (Å²) in [4.78, 5) is 29.7. The van der Waals surface area contributed by atoms with E-state index < -0.39 is 11.2 Å². The monoisotopic (exact) mass is 488 g/mol. The van der Waals surface area contributed by atoms with E-state index in [9.17, 15) is 9.59 Å². The van der Waals surface area contributed by atoms with Crippen LogP contribution in [0.25, 0.3) is 0 Å². The van der Waals surface area contributed by atoms with Crippen LogP contribution in [0.5, 0.6) is 11.5 Å². The molecule has 0 saturated carbocycles. The summed E-state index contributed by atoms with van der Waals surface area (Å²) in [5.41, 5.74) is 5.22. The van der Waals surface area contributed by atoms with Gasteiger partial charge >= 0.3 is 0 Å². The summed E-state index contributed by atoms with van der Waals surface area (Å²) in [6.07, 6.45) is 0. The minimum Gasteiger partial charge on any atom is -0.454 e. The molecular formula is C28H28N2O4S. The number of anilines is 1. The molecule has 0 spiro atoms.